The maximum Gasteiger partial charge on any atom is 0.200 e. The Morgan fingerprint density at radius 2 is 2.08 bits per heavy atom. The maximum absolute atomic E-state index is 5.86. The van der Waals surface area contributed by atoms with Gasteiger partial charge in [-0.25, -0.2) is 0 Å². The fourth-order valence-corrected chi connectivity index (χ4v) is 2.88. The van der Waals surface area contributed by atoms with Gasteiger partial charge in [-0.1, -0.05) is 0 Å². The fraction of sp³-hybridized carbons (Fsp3) is 0.467. The van der Waals surface area contributed by atoms with Gasteiger partial charge in [-0.15, -0.1) is 14.8 Å². The predicted molar refractivity (Wildman–Crippen MR) is 85.6 cm³/mol. The van der Waals surface area contributed by atoms with Crippen LogP contribution in [0.25, 0.3) is 5.65 Å². The average molecular weight is 329 g/mol. The van der Waals surface area contributed by atoms with Crippen molar-refractivity contribution in [2.45, 2.75) is 13.0 Å². The van der Waals surface area contributed by atoms with Gasteiger partial charge in [0, 0.05) is 19.6 Å². The third-order valence-corrected chi connectivity index (χ3v) is 4.12. The Hall–Kier alpha value is -2.52. The maximum atomic E-state index is 5.86. The van der Waals surface area contributed by atoms with Crippen LogP contribution in [0.1, 0.15) is 17.6 Å². The third-order valence-electron chi connectivity index (χ3n) is 4.12. The summed E-state index contributed by atoms with van der Waals surface area (Å²) in [6.45, 7) is 5.88. The van der Waals surface area contributed by atoms with Crippen LogP contribution in [0.4, 0.5) is 5.82 Å². The third kappa shape index (κ3) is 3.08. The van der Waals surface area contributed by atoms with E-state index in [1.165, 1.54) is 4.63 Å². The van der Waals surface area contributed by atoms with E-state index in [9.17, 15) is 0 Å². The molecule has 0 aromatic carbocycles. The number of nitrogens with one attached hydrogen (secondary N) is 1. The van der Waals surface area contributed by atoms with Gasteiger partial charge in [0.2, 0.25) is 0 Å². The average Bonchev–Trinajstić information content (AvgIpc) is 3.24. The molecule has 1 unspecified atom stereocenters. The van der Waals surface area contributed by atoms with Crippen molar-refractivity contribution < 1.29 is 9.15 Å². The first-order valence-corrected chi connectivity index (χ1v) is 7.97. The van der Waals surface area contributed by atoms with Crippen molar-refractivity contribution in [3.63, 3.8) is 0 Å². The van der Waals surface area contributed by atoms with E-state index in [0.29, 0.717) is 12.2 Å². The smallest absolute Gasteiger partial charge is 0.200 e. The molecule has 1 N–H and O–H groups in total. The van der Waals surface area contributed by atoms with Gasteiger partial charge in [0.25, 0.3) is 0 Å². The first-order valence-electron chi connectivity index (χ1n) is 7.97. The zero-order chi connectivity index (χ0) is 16.4. The van der Waals surface area contributed by atoms with E-state index in [4.69, 9.17) is 9.15 Å². The quantitative estimate of drug-likeness (QED) is 0.738. The van der Waals surface area contributed by atoms with Gasteiger partial charge in [0.15, 0.2) is 5.65 Å². The van der Waals surface area contributed by atoms with E-state index in [1.54, 1.807) is 0 Å². The molecule has 3 aromatic rings. The second-order valence-electron chi connectivity index (χ2n) is 5.74. The lowest BCUT2D eigenvalue weighted by molar-refractivity contribution is 0.0143. The monoisotopic (exact) mass is 329 g/mol. The molecule has 9 nitrogen and oxygen atoms in total. The normalized spacial score (nSPS) is 17.2. The van der Waals surface area contributed by atoms with Crippen molar-refractivity contribution in [2.24, 2.45) is 0 Å². The van der Waals surface area contributed by atoms with Gasteiger partial charge in [0.1, 0.15) is 17.3 Å². The van der Waals surface area contributed by atoms with Crippen LogP contribution in [0.3, 0.4) is 0 Å². The van der Waals surface area contributed by atoms with Crippen LogP contribution in [0.2, 0.25) is 0 Å². The molecule has 0 spiro atoms. The number of rotatable bonds is 5. The minimum absolute atomic E-state index is 0.119. The molecule has 24 heavy (non-hydrogen) atoms. The molecule has 1 fully saturated rings. The van der Waals surface area contributed by atoms with Gasteiger partial charge in [-0.3, -0.25) is 4.90 Å². The number of hydrogen-bond acceptors (Lipinski definition) is 8. The van der Waals surface area contributed by atoms with E-state index in [2.05, 4.69) is 30.8 Å². The molecule has 126 valence electrons. The standard InChI is InChI=1S/C15H19N7O2/c1-11-2-3-13(24-11)12(21-6-8-23-9-7-21)10-16-14-4-5-15-17-19-20-22(15)18-14/h2-5,12H,6-10H2,1H3,(H,16,18). The summed E-state index contributed by atoms with van der Waals surface area (Å²) in [7, 11) is 0. The molecular weight excluding hydrogens is 310 g/mol. The van der Waals surface area contributed by atoms with Crippen LogP contribution in [0.5, 0.6) is 0 Å². The highest BCUT2D eigenvalue weighted by Gasteiger charge is 2.25. The largest absolute Gasteiger partial charge is 0.465 e. The highest BCUT2D eigenvalue weighted by Crippen LogP contribution is 2.24. The number of anilines is 1. The fourth-order valence-electron chi connectivity index (χ4n) is 2.88. The summed E-state index contributed by atoms with van der Waals surface area (Å²) in [6, 6.07) is 7.85. The number of hydrogen-bond donors (Lipinski definition) is 1. The lowest BCUT2D eigenvalue weighted by Gasteiger charge is -2.33. The molecule has 1 atom stereocenters. The Labute approximate surface area is 138 Å². The van der Waals surface area contributed by atoms with Crippen molar-refractivity contribution in [2.75, 3.05) is 38.2 Å². The van der Waals surface area contributed by atoms with Gasteiger partial charge >= 0.3 is 0 Å². The summed E-state index contributed by atoms with van der Waals surface area (Å²) in [4.78, 5) is 2.37. The molecule has 4 heterocycles. The number of fused-ring (bicyclic) bond motifs is 1. The van der Waals surface area contributed by atoms with Crippen molar-refractivity contribution in [3.8, 4) is 0 Å². The molecule has 1 aliphatic heterocycles. The number of ether oxygens (including phenoxy) is 1. The molecule has 9 heteroatoms. The number of furan rings is 1. The lowest BCUT2D eigenvalue weighted by Crippen LogP contribution is -2.41. The Morgan fingerprint density at radius 3 is 2.88 bits per heavy atom. The Bertz CT molecular complexity index is 809. The second-order valence-corrected chi connectivity index (χ2v) is 5.74. The molecular formula is C15H19N7O2. The van der Waals surface area contributed by atoms with Crippen molar-refractivity contribution >= 4 is 11.5 Å². The first-order chi connectivity index (χ1) is 11.8. The number of morpholine rings is 1. The molecule has 3 aromatic heterocycles. The predicted octanol–water partition coefficient (Wildman–Crippen LogP) is 0.906. The zero-order valence-electron chi connectivity index (χ0n) is 13.4. The van der Waals surface area contributed by atoms with Gasteiger partial charge < -0.3 is 14.5 Å². The van der Waals surface area contributed by atoms with E-state index < -0.39 is 0 Å². The summed E-state index contributed by atoms with van der Waals surface area (Å²) in [6.07, 6.45) is 0. The van der Waals surface area contributed by atoms with E-state index in [-0.39, 0.29) is 6.04 Å². The molecule has 0 bridgehead atoms. The van der Waals surface area contributed by atoms with Gasteiger partial charge in [-0.05, 0) is 41.6 Å². The Morgan fingerprint density at radius 1 is 1.21 bits per heavy atom. The molecule has 1 saturated heterocycles. The molecule has 4 rings (SSSR count). The number of nitrogens with zero attached hydrogens (tertiary/aromatic N) is 6. The van der Waals surface area contributed by atoms with Gasteiger partial charge in [0.05, 0.1) is 19.3 Å². The zero-order valence-corrected chi connectivity index (χ0v) is 13.4. The lowest BCUT2D eigenvalue weighted by atomic mass is 10.1. The number of aromatic nitrogens is 5. The van der Waals surface area contributed by atoms with Gasteiger partial charge in [-0.2, -0.15) is 0 Å². The summed E-state index contributed by atoms with van der Waals surface area (Å²) in [5, 5.41) is 19.0. The molecule has 0 saturated carbocycles. The van der Waals surface area contributed by atoms with Crippen LogP contribution in [-0.2, 0) is 4.74 Å². The van der Waals surface area contributed by atoms with Crippen LogP contribution in [0, 0.1) is 6.92 Å². The highest BCUT2D eigenvalue weighted by atomic mass is 16.5. The summed E-state index contributed by atoms with van der Waals surface area (Å²) in [5.41, 5.74) is 0.618. The number of tetrazole rings is 1. The molecule has 0 aliphatic carbocycles. The first kappa shape index (κ1) is 15.0. The minimum Gasteiger partial charge on any atom is -0.465 e. The Balaban J connectivity index is 1.52. The van der Waals surface area contributed by atoms with Crippen molar-refractivity contribution in [1.82, 2.24) is 30.2 Å². The number of aryl methyl sites for hydroxylation is 1. The minimum atomic E-state index is 0.119. The van der Waals surface area contributed by atoms with Crippen molar-refractivity contribution in [3.05, 3.63) is 35.8 Å². The van der Waals surface area contributed by atoms with Crippen molar-refractivity contribution in [1.29, 1.82) is 0 Å². The summed E-state index contributed by atoms with van der Waals surface area (Å²) >= 11 is 0. The van der Waals surface area contributed by atoms with E-state index in [1.807, 2.05) is 31.2 Å². The van der Waals surface area contributed by atoms with Crippen LogP contribution in [-0.4, -0.2) is 63.0 Å². The summed E-state index contributed by atoms with van der Waals surface area (Å²) in [5.74, 6) is 2.58. The second kappa shape index (κ2) is 6.54. The molecule has 1 aliphatic rings. The Kier molecular flexibility index (Phi) is 4.09. The SMILES string of the molecule is Cc1ccc(C(CNc2ccc3nnnn3n2)N2CCOCC2)o1. The van der Waals surface area contributed by atoms with E-state index >= 15 is 0 Å². The van der Waals surface area contributed by atoms with Crippen LogP contribution in [0.15, 0.2) is 28.7 Å². The summed E-state index contributed by atoms with van der Waals surface area (Å²) < 4.78 is 12.7. The van der Waals surface area contributed by atoms with Crippen LogP contribution >= 0.6 is 0 Å². The highest BCUT2D eigenvalue weighted by molar-refractivity contribution is 5.42. The topological polar surface area (TPSA) is 93.6 Å². The van der Waals surface area contributed by atoms with E-state index in [0.717, 1.165) is 43.6 Å². The molecule has 0 amide bonds. The van der Waals surface area contributed by atoms with Crippen LogP contribution < -0.4 is 5.32 Å². The molecule has 0 radical (unpaired) electrons.